The third kappa shape index (κ3) is 2.71. The molecule has 0 bridgehead atoms. The molecule has 4 aromatic carbocycles. The SMILES string of the molecule is CC(C)=O.c1ccc2c(c1)ccc1c3ccccc3ccc21. The zero-order valence-corrected chi connectivity index (χ0v) is 12.8. The van der Waals surface area contributed by atoms with E-state index in [4.69, 9.17) is 0 Å². The van der Waals surface area contributed by atoms with Gasteiger partial charge in [-0.25, -0.2) is 0 Å². The van der Waals surface area contributed by atoms with Gasteiger partial charge < -0.3 is 4.79 Å². The van der Waals surface area contributed by atoms with E-state index in [2.05, 4.69) is 72.8 Å². The summed E-state index contributed by atoms with van der Waals surface area (Å²) in [6.07, 6.45) is 0. The molecule has 0 heterocycles. The summed E-state index contributed by atoms with van der Waals surface area (Å²) in [4.78, 5) is 9.44. The third-order valence-corrected chi connectivity index (χ3v) is 3.65. The van der Waals surface area contributed by atoms with Crippen molar-refractivity contribution in [1.29, 1.82) is 0 Å². The van der Waals surface area contributed by atoms with Crippen LogP contribution >= 0.6 is 0 Å². The van der Waals surface area contributed by atoms with E-state index in [9.17, 15) is 4.79 Å². The number of hydrogen-bond acceptors (Lipinski definition) is 1. The van der Waals surface area contributed by atoms with Gasteiger partial charge in [0.05, 0.1) is 0 Å². The minimum absolute atomic E-state index is 0.167. The van der Waals surface area contributed by atoms with Crippen LogP contribution in [-0.4, -0.2) is 5.78 Å². The molecular formula is C21H18O. The zero-order chi connectivity index (χ0) is 15.5. The molecule has 4 aromatic rings. The van der Waals surface area contributed by atoms with Crippen molar-refractivity contribution >= 4 is 38.1 Å². The highest BCUT2D eigenvalue weighted by Crippen LogP contribution is 2.30. The van der Waals surface area contributed by atoms with Crippen LogP contribution in [0.25, 0.3) is 32.3 Å². The first-order valence-corrected chi connectivity index (χ1v) is 7.43. The Bertz CT molecular complexity index is 888. The smallest absolute Gasteiger partial charge is 0.126 e. The van der Waals surface area contributed by atoms with Gasteiger partial charge >= 0.3 is 0 Å². The van der Waals surface area contributed by atoms with Crippen LogP contribution in [0.5, 0.6) is 0 Å². The summed E-state index contributed by atoms with van der Waals surface area (Å²) < 4.78 is 0. The molecule has 0 radical (unpaired) electrons. The Morgan fingerprint density at radius 1 is 0.545 bits per heavy atom. The fraction of sp³-hybridized carbons (Fsp3) is 0.0952. The van der Waals surface area contributed by atoms with E-state index in [1.807, 2.05) is 0 Å². The van der Waals surface area contributed by atoms with Gasteiger partial charge in [0.15, 0.2) is 0 Å². The van der Waals surface area contributed by atoms with Crippen molar-refractivity contribution in [3.63, 3.8) is 0 Å². The van der Waals surface area contributed by atoms with Crippen LogP contribution in [0.3, 0.4) is 0 Å². The van der Waals surface area contributed by atoms with E-state index >= 15 is 0 Å². The van der Waals surface area contributed by atoms with Crippen molar-refractivity contribution in [3.8, 4) is 0 Å². The highest BCUT2D eigenvalue weighted by atomic mass is 16.1. The molecule has 0 fully saturated rings. The zero-order valence-electron chi connectivity index (χ0n) is 12.8. The van der Waals surface area contributed by atoms with E-state index < -0.39 is 0 Å². The molecule has 0 aromatic heterocycles. The van der Waals surface area contributed by atoms with E-state index in [-0.39, 0.29) is 5.78 Å². The summed E-state index contributed by atoms with van der Waals surface area (Å²) >= 11 is 0. The summed E-state index contributed by atoms with van der Waals surface area (Å²) in [5.41, 5.74) is 0. The first kappa shape index (κ1) is 14.3. The van der Waals surface area contributed by atoms with E-state index in [1.54, 1.807) is 0 Å². The number of carbonyl (C=O) groups excluding carboxylic acids is 1. The van der Waals surface area contributed by atoms with Gasteiger partial charge in [-0.15, -0.1) is 0 Å². The van der Waals surface area contributed by atoms with Gasteiger partial charge in [-0.3, -0.25) is 0 Å². The van der Waals surface area contributed by atoms with E-state index in [0.29, 0.717) is 0 Å². The minimum Gasteiger partial charge on any atom is -0.300 e. The molecule has 0 aliphatic rings. The predicted octanol–water partition coefficient (Wildman–Crippen LogP) is 5.74. The maximum Gasteiger partial charge on any atom is 0.126 e. The molecular weight excluding hydrogens is 268 g/mol. The molecule has 0 saturated carbocycles. The number of carbonyl (C=O) groups is 1. The summed E-state index contributed by atoms with van der Waals surface area (Å²) in [5.74, 6) is 0.167. The fourth-order valence-electron chi connectivity index (χ4n) is 2.77. The van der Waals surface area contributed by atoms with E-state index in [0.717, 1.165) is 0 Å². The van der Waals surface area contributed by atoms with Crippen LogP contribution in [-0.2, 0) is 4.79 Å². The van der Waals surface area contributed by atoms with Crippen LogP contribution < -0.4 is 0 Å². The van der Waals surface area contributed by atoms with Crippen molar-refractivity contribution in [2.75, 3.05) is 0 Å². The van der Waals surface area contributed by atoms with Crippen LogP contribution in [0.4, 0.5) is 0 Å². The van der Waals surface area contributed by atoms with E-state index in [1.165, 1.54) is 46.2 Å². The molecule has 0 spiro atoms. The number of benzene rings is 4. The summed E-state index contributed by atoms with van der Waals surface area (Å²) in [5, 5.41) is 7.96. The lowest BCUT2D eigenvalue weighted by molar-refractivity contribution is -0.114. The molecule has 0 N–H and O–H groups in total. The largest absolute Gasteiger partial charge is 0.300 e. The second kappa shape index (κ2) is 5.98. The van der Waals surface area contributed by atoms with Gasteiger partial charge in [-0.2, -0.15) is 0 Å². The normalized spacial score (nSPS) is 10.5. The number of Topliss-reactive ketones (excluding diaryl/α,β-unsaturated/α-hetero) is 1. The van der Waals surface area contributed by atoms with Crippen LogP contribution in [0.2, 0.25) is 0 Å². The standard InChI is InChI=1S/C18H12.C3H6O/c1-3-7-15-13(5-1)9-11-18-16-8-4-2-6-14(16)10-12-17(15)18;1-3(2)4/h1-12H;1-2H3. The number of ketones is 1. The molecule has 22 heavy (non-hydrogen) atoms. The lowest BCUT2D eigenvalue weighted by atomic mass is 9.97. The highest BCUT2D eigenvalue weighted by Gasteiger charge is 2.03. The topological polar surface area (TPSA) is 17.1 Å². The van der Waals surface area contributed by atoms with Gasteiger partial charge in [-0.05, 0) is 46.2 Å². The Balaban J connectivity index is 0.000000325. The molecule has 1 nitrogen and oxygen atoms in total. The molecule has 0 aliphatic carbocycles. The second-order valence-corrected chi connectivity index (χ2v) is 5.58. The first-order chi connectivity index (χ1) is 10.7. The Kier molecular flexibility index (Phi) is 3.88. The predicted molar refractivity (Wildman–Crippen MR) is 95.3 cm³/mol. The number of rotatable bonds is 0. The molecule has 0 amide bonds. The summed E-state index contributed by atoms with van der Waals surface area (Å²) in [6, 6.07) is 26.0. The van der Waals surface area contributed by atoms with Gasteiger partial charge in [0.1, 0.15) is 5.78 Å². The van der Waals surface area contributed by atoms with Crippen LogP contribution in [0.1, 0.15) is 13.8 Å². The Morgan fingerprint density at radius 3 is 1.32 bits per heavy atom. The third-order valence-electron chi connectivity index (χ3n) is 3.65. The number of hydrogen-bond donors (Lipinski definition) is 0. The molecule has 0 saturated heterocycles. The highest BCUT2D eigenvalue weighted by molar-refractivity contribution is 6.17. The number of fused-ring (bicyclic) bond motifs is 5. The minimum atomic E-state index is 0.167. The maximum absolute atomic E-state index is 9.44. The molecule has 0 aliphatic heterocycles. The lowest BCUT2D eigenvalue weighted by Crippen LogP contribution is -1.79. The average Bonchev–Trinajstić information content (AvgIpc) is 2.54. The van der Waals surface area contributed by atoms with Crippen LogP contribution in [0.15, 0.2) is 72.8 Å². The second-order valence-electron chi connectivity index (χ2n) is 5.58. The lowest BCUT2D eigenvalue weighted by Gasteiger charge is -2.07. The van der Waals surface area contributed by atoms with Gasteiger partial charge in [0.2, 0.25) is 0 Å². The van der Waals surface area contributed by atoms with Crippen molar-refractivity contribution in [1.82, 2.24) is 0 Å². The molecule has 4 rings (SSSR count). The van der Waals surface area contributed by atoms with Gasteiger partial charge in [-0.1, -0.05) is 72.8 Å². The van der Waals surface area contributed by atoms with Gasteiger partial charge in [0.25, 0.3) is 0 Å². The maximum atomic E-state index is 9.44. The Hall–Kier alpha value is -2.67. The monoisotopic (exact) mass is 286 g/mol. The van der Waals surface area contributed by atoms with Crippen molar-refractivity contribution < 1.29 is 4.79 Å². The van der Waals surface area contributed by atoms with Crippen LogP contribution in [0, 0.1) is 0 Å². The van der Waals surface area contributed by atoms with Crippen molar-refractivity contribution in [3.05, 3.63) is 72.8 Å². The summed E-state index contributed by atoms with van der Waals surface area (Å²) in [6.45, 7) is 3.06. The molecule has 0 unspecified atom stereocenters. The molecule has 108 valence electrons. The Morgan fingerprint density at radius 2 is 0.909 bits per heavy atom. The quantitative estimate of drug-likeness (QED) is 0.377. The first-order valence-electron chi connectivity index (χ1n) is 7.43. The van der Waals surface area contributed by atoms with Crippen molar-refractivity contribution in [2.24, 2.45) is 0 Å². The summed E-state index contributed by atoms with van der Waals surface area (Å²) in [7, 11) is 0. The fourth-order valence-corrected chi connectivity index (χ4v) is 2.77. The van der Waals surface area contributed by atoms with Crippen molar-refractivity contribution in [2.45, 2.75) is 13.8 Å². The van der Waals surface area contributed by atoms with Gasteiger partial charge in [0, 0.05) is 0 Å². The molecule has 0 atom stereocenters. The average molecular weight is 286 g/mol. The Labute approximate surface area is 130 Å². The molecule has 1 heteroatoms.